The summed E-state index contributed by atoms with van der Waals surface area (Å²) in [6.45, 7) is 12.0. The lowest BCUT2D eigenvalue weighted by Gasteiger charge is -2.18. The van der Waals surface area contributed by atoms with Crippen molar-refractivity contribution in [1.82, 2.24) is 9.97 Å². The Labute approximate surface area is 190 Å². The van der Waals surface area contributed by atoms with E-state index < -0.39 is 0 Å². The topological polar surface area (TPSA) is 99.2 Å². The Kier molecular flexibility index (Phi) is 6.76. The van der Waals surface area contributed by atoms with E-state index in [1.54, 1.807) is 31.0 Å². The average molecular weight is 458 g/mol. The molecule has 2 aromatic heterocycles. The molecule has 0 aliphatic heterocycles. The van der Waals surface area contributed by atoms with E-state index in [0.29, 0.717) is 27.1 Å². The molecule has 164 valence electrons. The summed E-state index contributed by atoms with van der Waals surface area (Å²) in [5, 5.41) is 16.6. The summed E-state index contributed by atoms with van der Waals surface area (Å²) in [6, 6.07) is 7.30. The van der Waals surface area contributed by atoms with E-state index in [4.69, 9.17) is 0 Å². The molecule has 0 bridgehead atoms. The van der Waals surface area contributed by atoms with Gasteiger partial charge < -0.3 is 20.5 Å². The first-order chi connectivity index (χ1) is 14.5. The number of carbonyl (C=O) groups excluding carboxylic acids is 1. The Bertz CT molecular complexity index is 1110. The van der Waals surface area contributed by atoms with Crippen LogP contribution < -0.4 is 15.4 Å². The maximum atomic E-state index is 12.7. The van der Waals surface area contributed by atoms with Crippen molar-refractivity contribution < 1.29 is 9.90 Å². The summed E-state index contributed by atoms with van der Waals surface area (Å²) in [5.74, 6) is 1.30. The van der Waals surface area contributed by atoms with Crippen molar-refractivity contribution in [3.05, 3.63) is 52.0 Å². The molecule has 7 nitrogen and oxygen atoms in total. The molecule has 9 heteroatoms. The number of aromatic nitrogens is 2. The predicted octanol–water partition coefficient (Wildman–Crippen LogP) is 6.02. The molecule has 1 amide bonds. The molecule has 0 unspecified atom stereocenters. The largest absolute Gasteiger partial charge is 0.508 e. The van der Waals surface area contributed by atoms with Crippen molar-refractivity contribution in [3.63, 3.8) is 0 Å². The highest BCUT2D eigenvalue weighted by molar-refractivity contribution is 8.01. The maximum absolute atomic E-state index is 12.7. The number of phenolic OH excluding ortho intramolecular Hbond substituents is 1. The molecule has 0 aliphatic rings. The van der Waals surface area contributed by atoms with Crippen LogP contribution >= 0.6 is 23.3 Å². The van der Waals surface area contributed by atoms with Crippen LogP contribution in [0.1, 0.15) is 47.1 Å². The number of aryl methyl sites for hydroxylation is 2. The van der Waals surface area contributed by atoms with Crippen molar-refractivity contribution in [2.24, 2.45) is 0 Å². The standard InChI is InChI=1S/C22H27N5O2S2/c1-12-7-9-15(28)14(3)18(12)25-20(29)16-11-23-21(30-16)26-19-13(2)8-10-17(24-19)27-31-22(4,5)6/h7-11,28H,1-6H3,(H,25,29)(H2,23,24,26,27). The summed E-state index contributed by atoms with van der Waals surface area (Å²) in [7, 11) is 0. The lowest BCUT2D eigenvalue weighted by atomic mass is 10.1. The number of anilines is 4. The number of amides is 1. The van der Waals surface area contributed by atoms with Gasteiger partial charge in [0.05, 0.1) is 11.9 Å². The van der Waals surface area contributed by atoms with Gasteiger partial charge in [0.15, 0.2) is 5.13 Å². The molecule has 0 radical (unpaired) electrons. The average Bonchev–Trinajstić information content (AvgIpc) is 3.17. The first kappa shape index (κ1) is 22.9. The molecule has 2 heterocycles. The minimum absolute atomic E-state index is 0.0595. The second-order valence-corrected chi connectivity index (χ2v) is 10.9. The lowest BCUT2D eigenvalue weighted by molar-refractivity contribution is 0.103. The smallest absolute Gasteiger partial charge is 0.267 e. The Morgan fingerprint density at radius 3 is 2.52 bits per heavy atom. The van der Waals surface area contributed by atoms with E-state index in [9.17, 15) is 9.90 Å². The van der Waals surface area contributed by atoms with Crippen LogP contribution in [0.3, 0.4) is 0 Å². The third kappa shape index (κ3) is 5.89. The van der Waals surface area contributed by atoms with Crippen molar-refractivity contribution in [2.75, 3.05) is 15.4 Å². The third-order valence-electron chi connectivity index (χ3n) is 4.40. The maximum Gasteiger partial charge on any atom is 0.267 e. The quantitative estimate of drug-likeness (QED) is 0.336. The van der Waals surface area contributed by atoms with Crippen molar-refractivity contribution in [3.8, 4) is 5.75 Å². The predicted molar refractivity (Wildman–Crippen MR) is 131 cm³/mol. The van der Waals surface area contributed by atoms with Gasteiger partial charge in [0.25, 0.3) is 5.91 Å². The van der Waals surface area contributed by atoms with Gasteiger partial charge in [-0.05, 0) is 76.7 Å². The van der Waals surface area contributed by atoms with Crippen molar-refractivity contribution in [2.45, 2.75) is 46.3 Å². The summed E-state index contributed by atoms with van der Waals surface area (Å²) in [4.78, 5) is 22.1. The molecule has 0 aliphatic carbocycles. The fourth-order valence-electron chi connectivity index (χ4n) is 2.66. The highest BCUT2D eigenvalue weighted by atomic mass is 32.2. The molecule has 0 atom stereocenters. The van der Waals surface area contributed by atoms with E-state index in [1.165, 1.54) is 17.5 Å². The van der Waals surface area contributed by atoms with E-state index in [0.717, 1.165) is 16.9 Å². The molecule has 3 rings (SSSR count). The van der Waals surface area contributed by atoms with Crippen LogP contribution in [0.2, 0.25) is 0 Å². The van der Waals surface area contributed by atoms with Gasteiger partial charge in [-0.15, -0.1) is 0 Å². The Balaban J connectivity index is 1.73. The number of hydrogen-bond acceptors (Lipinski definition) is 8. The number of thiazole rings is 1. The zero-order valence-electron chi connectivity index (χ0n) is 18.5. The molecule has 0 spiro atoms. The second kappa shape index (κ2) is 9.15. The van der Waals surface area contributed by atoms with Gasteiger partial charge >= 0.3 is 0 Å². The normalized spacial score (nSPS) is 11.3. The fraction of sp³-hybridized carbons (Fsp3) is 0.318. The molecule has 1 aromatic carbocycles. The van der Waals surface area contributed by atoms with Gasteiger partial charge in [-0.2, -0.15) is 0 Å². The van der Waals surface area contributed by atoms with E-state index in [-0.39, 0.29) is 16.4 Å². The van der Waals surface area contributed by atoms with Crippen LogP contribution in [0.4, 0.5) is 22.5 Å². The van der Waals surface area contributed by atoms with E-state index in [1.807, 2.05) is 26.0 Å². The van der Waals surface area contributed by atoms with Crippen molar-refractivity contribution in [1.29, 1.82) is 0 Å². The van der Waals surface area contributed by atoms with Crippen LogP contribution in [-0.2, 0) is 0 Å². The summed E-state index contributed by atoms with van der Waals surface area (Å²) in [6.07, 6.45) is 1.53. The second-order valence-electron chi connectivity index (χ2n) is 8.19. The monoisotopic (exact) mass is 457 g/mol. The highest BCUT2D eigenvalue weighted by Crippen LogP contribution is 2.30. The molecule has 0 saturated heterocycles. The van der Waals surface area contributed by atoms with Crippen LogP contribution in [-0.4, -0.2) is 25.7 Å². The first-order valence-corrected chi connectivity index (χ1v) is 11.4. The fourth-order valence-corrected chi connectivity index (χ4v) is 3.89. The third-order valence-corrected chi connectivity index (χ3v) is 6.23. The zero-order chi connectivity index (χ0) is 22.8. The molecular formula is C22H27N5O2S2. The minimum atomic E-state index is -0.274. The summed E-state index contributed by atoms with van der Waals surface area (Å²) < 4.78 is 3.33. The van der Waals surface area contributed by atoms with E-state index in [2.05, 4.69) is 46.1 Å². The van der Waals surface area contributed by atoms with Gasteiger partial charge in [0.1, 0.15) is 22.3 Å². The van der Waals surface area contributed by atoms with Crippen LogP contribution in [0, 0.1) is 20.8 Å². The van der Waals surface area contributed by atoms with Crippen LogP contribution in [0.5, 0.6) is 5.75 Å². The van der Waals surface area contributed by atoms with Crippen molar-refractivity contribution >= 4 is 51.6 Å². The van der Waals surface area contributed by atoms with Gasteiger partial charge in [-0.3, -0.25) is 4.79 Å². The lowest BCUT2D eigenvalue weighted by Crippen LogP contribution is -2.12. The van der Waals surface area contributed by atoms with Gasteiger partial charge in [-0.1, -0.05) is 23.5 Å². The zero-order valence-corrected chi connectivity index (χ0v) is 20.1. The van der Waals surface area contributed by atoms with Gasteiger partial charge in [0, 0.05) is 10.3 Å². The SMILES string of the molecule is Cc1ccc(NSC(C)(C)C)nc1Nc1ncc(C(=O)Nc2c(C)ccc(O)c2C)s1. The minimum Gasteiger partial charge on any atom is -0.508 e. The number of benzene rings is 1. The molecule has 0 saturated carbocycles. The Morgan fingerprint density at radius 1 is 1.10 bits per heavy atom. The number of pyridine rings is 1. The first-order valence-electron chi connectivity index (χ1n) is 9.78. The molecular weight excluding hydrogens is 430 g/mol. The number of nitrogens with zero attached hydrogens (tertiary/aromatic N) is 2. The number of aromatic hydroxyl groups is 1. The Morgan fingerprint density at radius 2 is 1.81 bits per heavy atom. The van der Waals surface area contributed by atoms with Gasteiger partial charge in [0.2, 0.25) is 0 Å². The number of carbonyl (C=O) groups is 1. The Hall–Kier alpha value is -2.78. The number of rotatable bonds is 6. The van der Waals surface area contributed by atoms with Crippen LogP contribution in [0.25, 0.3) is 0 Å². The van der Waals surface area contributed by atoms with Gasteiger partial charge in [-0.25, -0.2) is 9.97 Å². The van der Waals surface area contributed by atoms with E-state index >= 15 is 0 Å². The van der Waals surface area contributed by atoms with Crippen LogP contribution in [0.15, 0.2) is 30.5 Å². The number of hydrogen-bond donors (Lipinski definition) is 4. The summed E-state index contributed by atoms with van der Waals surface area (Å²) in [5.41, 5.74) is 3.09. The molecule has 4 N–H and O–H groups in total. The molecule has 3 aromatic rings. The number of nitrogens with one attached hydrogen (secondary N) is 3. The molecule has 31 heavy (non-hydrogen) atoms. The molecule has 0 fully saturated rings. The number of phenols is 1. The summed E-state index contributed by atoms with van der Waals surface area (Å²) >= 11 is 2.84. The highest BCUT2D eigenvalue weighted by Gasteiger charge is 2.16.